The molecule has 0 aromatic rings. The second-order valence-corrected chi connectivity index (χ2v) is 4.63. The Bertz CT molecular complexity index is 110. The molecule has 62 valence electrons. The van der Waals surface area contributed by atoms with Gasteiger partial charge < -0.3 is 0 Å². The van der Waals surface area contributed by atoms with E-state index < -0.39 is 6.04 Å². The van der Waals surface area contributed by atoms with Crippen molar-refractivity contribution in [3.63, 3.8) is 0 Å². The number of hydrogen-bond donors (Lipinski definition) is 1. The number of halogens is 2. The van der Waals surface area contributed by atoms with Gasteiger partial charge in [-0.15, -0.1) is 0 Å². The van der Waals surface area contributed by atoms with Crippen molar-refractivity contribution in [2.75, 3.05) is 14.0 Å². The summed E-state index contributed by atoms with van der Waals surface area (Å²) >= 11 is 2.11. The van der Waals surface area contributed by atoms with Gasteiger partial charge in [-0.3, -0.25) is 0 Å². The number of carbonyl (C=O) groups excluding carboxylic acids is 1. The van der Waals surface area contributed by atoms with Crippen LogP contribution in [0.2, 0.25) is 0 Å². The first-order valence-electron chi connectivity index (χ1n) is 2.64. The Labute approximate surface area is 84.5 Å². The van der Waals surface area contributed by atoms with Crippen molar-refractivity contribution in [1.82, 2.24) is 0 Å². The SMILES string of the molecule is C[I-]COC(=O)C(N)CI. The van der Waals surface area contributed by atoms with Crippen molar-refractivity contribution >= 4 is 28.6 Å². The fourth-order valence-corrected chi connectivity index (χ4v) is 1.26. The Morgan fingerprint density at radius 1 is 1.90 bits per heavy atom. The van der Waals surface area contributed by atoms with Gasteiger partial charge >= 0.3 is 85.0 Å². The summed E-state index contributed by atoms with van der Waals surface area (Å²) in [4.78, 5) is 12.9. The molecule has 0 saturated heterocycles. The molecule has 0 aromatic heterocycles. The molecule has 1 unspecified atom stereocenters. The first kappa shape index (κ1) is 10.9. The average molecular weight is 370 g/mol. The Kier molecular flexibility index (Phi) is 7.18. The molecular formula is C5H10I2NO2-. The number of hydrogen-bond acceptors (Lipinski definition) is 3. The third-order valence-corrected chi connectivity index (χ3v) is 2.66. The van der Waals surface area contributed by atoms with Crippen molar-refractivity contribution in [3.05, 3.63) is 0 Å². The molecule has 0 heterocycles. The van der Waals surface area contributed by atoms with Gasteiger partial charge in [0.15, 0.2) is 0 Å². The number of esters is 1. The molecule has 2 N–H and O–H groups in total. The molecule has 0 amide bonds. The summed E-state index contributed by atoms with van der Waals surface area (Å²) in [5, 5.41) is 0. The van der Waals surface area contributed by atoms with Gasteiger partial charge in [0.05, 0.1) is 0 Å². The molecule has 0 aliphatic rings. The Hall–Kier alpha value is 0.890. The second-order valence-electron chi connectivity index (χ2n) is 1.60. The fourth-order valence-electron chi connectivity index (χ4n) is 0.278. The van der Waals surface area contributed by atoms with Crippen LogP contribution in [0.15, 0.2) is 0 Å². The molecule has 0 aliphatic heterocycles. The van der Waals surface area contributed by atoms with Gasteiger partial charge in [0.25, 0.3) is 0 Å². The summed E-state index contributed by atoms with van der Waals surface area (Å²) in [6, 6.07) is -0.434. The zero-order valence-electron chi connectivity index (χ0n) is 5.64. The third kappa shape index (κ3) is 4.67. The Morgan fingerprint density at radius 3 is 2.90 bits per heavy atom. The molecule has 0 aliphatic carbocycles. The topological polar surface area (TPSA) is 52.3 Å². The van der Waals surface area contributed by atoms with E-state index in [4.69, 9.17) is 10.5 Å². The quantitative estimate of drug-likeness (QED) is 0.326. The van der Waals surface area contributed by atoms with Gasteiger partial charge in [-0.2, -0.15) is 0 Å². The number of carbonyl (C=O) groups is 1. The van der Waals surface area contributed by atoms with E-state index in [0.29, 0.717) is 9.04 Å². The predicted octanol–water partition coefficient (Wildman–Crippen LogP) is -3.03. The summed E-state index contributed by atoms with van der Waals surface area (Å²) in [7, 11) is 0. The minimum atomic E-state index is -0.434. The number of nitrogens with two attached hydrogens (primary N) is 1. The van der Waals surface area contributed by atoms with E-state index in [1.54, 1.807) is 0 Å². The molecule has 3 nitrogen and oxygen atoms in total. The van der Waals surface area contributed by atoms with E-state index in [1.165, 1.54) is 0 Å². The number of alkyl halides is 3. The van der Waals surface area contributed by atoms with Crippen LogP contribution in [0, 0.1) is 0 Å². The maximum atomic E-state index is 10.8. The maximum absolute atomic E-state index is 10.8. The molecule has 0 saturated carbocycles. The first-order chi connectivity index (χ1) is 4.72. The van der Waals surface area contributed by atoms with Crippen molar-refractivity contribution in [3.8, 4) is 0 Å². The van der Waals surface area contributed by atoms with Crippen LogP contribution in [0.25, 0.3) is 0 Å². The molecule has 0 bridgehead atoms. The molecule has 0 aromatic carbocycles. The van der Waals surface area contributed by atoms with E-state index in [9.17, 15) is 4.79 Å². The van der Waals surface area contributed by atoms with E-state index in [-0.39, 0.29) is 27.2 Å². The standard InChI is InChI=1S/C5H10I2NO2/c1-7-3-10-5(9)4(8)2-6/h4H,2-3,8H2,1H3/q-1. The number of rotatable bonds is 4. The van der Waals surface area contributed by atoms with Crippen molar-refractivity contribution < 1.29 is 30.7 Å². The van der Waals surface area contributed by atoms with Gasteiger partial charge in [-0.25, -0.2) is 0 Å². The van der Waals surface area contributed by atoms with Crippen LogP contribution in [0.4, 0.5) is 0 Å². The third-order valence-electron chi connectivity index (χ3n) is 0.775. The molecule has 10 heavy (non-hydrogen) atoms. The van der Waals surface area contributed by atoms with Crippen molar-refractivity contribution in [2.45, 2.75) is 6.04 Å². The van der Waals surface area contributed by atoms with Crippen LogP contribution >= 0.6 is 22.6 Å². The zero-order valence-corrected chi connectivity index (χ0v) is 9.96. The van der Waals surface area contributed by atoms with Crippen LogP contribution < -0.4 is 26.9 Å². The van der Waals surface area contributed by atoms with Crippen LogP contribution in [0.3, 0.4) is 0 Å². The summed E-state index contributed by atoms with van der Waals surface area (Å²) in [5.41, 5.74) is 5.39. The summed E-state index contributed by atoms with van der Waals surface area (Å²) in [6.07, 6.45) is 0. The Morgan fingerprint density at radius 2 is 2.50 bits per heavy atom. The van der Waals surface area contributed by atoms with Crippen molar-refractivity contribution in [2.24, 2.45) is 5.73 Å². The molecule has 0 spiro atoms. The average Bonchev–Trinajstić information content (AvgIpc) is 1.98. The summed E-state index contributed by atoms with van der Waals surface area (Å²) in [5.74, 6) is -0.268. The normalized spacial score (nSPS) is 13.1. The Balaban J connectivity index is 3.42. The van der Waals surface area contributed by atoms with Gasteiger partial charge in [-0.05, 0) is 0 Å². The molecule has 0 rings (SSSR count). The van der Waals surface area contributed by atoms with E-state index in [0.717, 1.165) is 0 Å². The minimum absolute atomic E-state index is 0.0419. The van der Waals surface area contributed by atoms with Crippen LogP contribution in [-0.4, -0.2) is 26.0 Å². The molecule has 0 radical (unpaired) electrons. The summed E-state index contributed by atoms with van der Waals surface area (Å²) in [6.45, 7) is 0. The van der Waals surface area contributed by atoms with E-state index >= 15 is 0 Å². The first-order valence-corrected chi connectivity index (χ1v) is 7.85. The number of ether oxygens (including phenoxy) is 1. The van der Waals surface area contributed by atoms with Crippen molar-refractivity contribution in [1.29, 1.82) is 0 Å². The van der Waals surface area contributed by atoms with E-state index in [2.05, 4.69) is 27.5 Å². The van der Waals surface area contributed by atoms with E-state index in [1.807, 2.05) is 0 Å². The molecular weight excluding hydrogens is 360 g/mol. The van der Waals surface area contributed by atoms with Gasteiger partial charge in [-0.1, -0.05) is 0 Å². The molecule has 1 atom stereocenters. The van der Waals surface area contributed by atoms with Crippen LogP contribution in [0.1, 0.15) is 0 Å². The van der Waals surface area contributed by atoms with Gasteiger partial charge in [0.1, 0.15) is 0 Å². The van der Waals surface area contributed by atoms with Crippen LogP contribution in [-0.2, 0) is 9.53 Å². The van der Waals surface area contributed by atoms with Crippen LogP contribution in [0.5, 0.6) is 0 Å². The fraction of sp³-hybridized carbons (Fsp3) is 0.800. The zero-order chi connectivity index (χ0) is 7.98. The molecule has 0 fully saturated rings. The molecule has 5 heteroatoms. The second kappa shape index (κ2) is 6.59. The monoisotopic (exact) mass is 370 g/mol. The predicted molar refractivity (Wildman–Crippen MR) is 43.7 cm³/mol. The van der Waals surface area contributed by atoms with Gasteiger partial charge in [0.2, 0.25) is 0 Å². The van der Waals surface area contributed by atoms with Gasteiger partial charge in [0, 0.05) is 0 Å². The summed E-state index contributed by atoms with van der Waals surface area (Å²) < 4.78 is 6.03.